The predicted molar refractivity (Wildman–Crippen MR) is 129 cm³/mol. The summed E-state index contributed by atoms with van der Waals surface area (Å²) < 4.78 is 7.34. The van der Waals surface area contributed by atoms with Gasteiger partial charge in [-0.2, -0.15) is 0 Å². The molecular formula is C28H33BNO+. The van der Waals surface area contributed by atoms with E-state index < -0.39 is 5.60 Å². The van der Waals surface area contributed by atoms with Gasteiger partial charge in [-0.25, -0.2) is 0 Å². The number of benzene rings is 3. The molecule has 0 aromatic heterocycles. The molecule has 2 fully saturated rings. The zero-order chi connectivity index (χ0) is 21.8. The van der Waals surface area contributed by atoms with E-state index in [9.17, 15) is 0 Å². The highest BCUT2D eigenvalue weighted by Crippen LogP contribution is 2.43. The van der Waals surface area contributed by atoms with Crippen molar-refractivity contribution in [2.75, 3.05) is 6.54 Å². The van der Waals surface area contributed by atoms with E-state index in [1.807, 2.05) is 0 Å². The predicted octanol–water partition coefficient (Wildman–Crippen LogP) is 3.95. The lowest BCUT2D eigenvalue weighted by molar-refractivity contribution is -0.799. The fourth-order valence-electron chi connectivity index (χ4n) is 6.22. The molecule has 3 aromatic carbocycles. The van der Waals surface area contributed by atoms with Gasteiger partial charge < -0.3 is 9.47 Å². The molecule has 0 radical (unpaired) electrons. The van der Waals surface area contributed by atoms with Crippen LogP contribution < -0.4 is 10.3 Å². The Morgan fingerprint density at radius 1 is 0.806 bits per heavy atom. The summed E-state index contributed by atoms with van der Waals surface area (Å²) in [6.45, 7) is 12.2. The lowest BCUT2D eigenvalue weighted by Gasteiger charge is -2.34. The van der Waals surface area contributed by atoms with E-state index >= 15 is 0 Å². The van der Waals surface area contributed by atoms with E-state index in [2.05, 4.69) is 95.3 Å². The number of fused-ring (bicyclic) bond motifs is 1. The molecule has 2 nitrogen and oxygen atoms in total. The Labute approximate surface area is 187 Å². The van der Waals surface area contributed by atoms with Crippen LogP contribution in [0.1, 0.15) is 51.8 Å². The van der Waals surface area contributed by atoms with Crippen LogP contribution in [0.25, 0.3) is 0 Å². The number of quaternary nitrogens is 1. The molecule has 2 atom stereocenters. The van der Waals surface area contributed by atoms with Crippen molar-refractivity contribution in [1.29, 1.82) is 0 Å². The highest BCUT2D eigenvalue weighted by atomic mass is 16.5. The first-order chi connectivity index (χ1) is 14.9. The number of hydrogen-bond acceptors (Lipinski definition) is 1. The maximum Gasteiger partial charge on any atom is 0.611 e. The smallest absolute Gasteiger partial charge is 0.368 e. The number of hydrogen-bond donors (Lipinski definition) is 1. The van der Waals surface area contributed by atoms with Crippen molar-refractivity contribution in [3.8, 4) is 0 Å². The van der Waals surface area contributed by atoms with Crippen molar-refractivity contribution < 1.29 is 9.47 Å². The third-order valence-electron chi connectivity index (χ3n) is 7.31. The fraction of sp³-hybridized carbons (Fsp3) is 0.357. The van der Waals surface area contributed by atoms with Crippen molar-refractivity contribution >= 4 is 12.5 Å². The van der Waals surface area contributed by atoms with Crippen molar-refractivity contribution in [3.63, 3.8) is 0 Å². The van der Waals surface area contributed by atoms with E-state index in [0.717, 1.165) is 0 Å². The highest BCUT2D eigenvalue weighted by Gasteiger charge is 2.64. The van der Waals surface area contributed by atoms with Crippen molar-refractivity contribution in [1.82, 2.24) is 0 Å². The van der Waals surface area contributed by atoms with Gasteiger partial charge in [-0.15, -0.1) is 0 Å². The summed E-state index contributed by atoms with van der Waals surface area (Å²) in [7, 11) is 0.0651. The quantitative estimate of drug-likeness (QED) is 0.646. The summed E-state index contributed by atoms with van der Waals surface area (Å²) in [6.07, 6.45) is 2.45. The van der Waals surface area contributed by atoms with Gasteiger partial charge in [0.15, 0.2) is 5.60 Å². The normalized spacial score (nSPS) is 22.0. The van der Waals surface area contributed by atoms with Gasteiger partial charge in [-0.05, 0) is 51.3 Å². The second kappa shape index (κ2) is 7.65. The molecule has 2 saturated heterocycles. The van der Waals surface area contributed by atoms with Crippen molar-refractivity contribution in [2.45, 2.75) is 59.1 Å². The largest absolute Gasteiger partial charge is 0.611 e. The Kier molecular flexibility index (Phi) is 5.07. The standard InChI is InChI=1S/C28H32BNO/c1-19-13-20(2)16-24(15-19)28(25-17-21(3)14-22(4)18-25)27-11-8-12-30(27)29(31-28)26-10-7-6-9-23(26)5/h6-7,9-10,13-18,27H,8,11-12H2,1-5H3/p+1/t27-/m0/s1. The Hall–Kier alpha value is -2.36. The Bertz CT molecular complexity index is 1050. The van der Waals surface area contributed by atoms with Gasteiger partial charge in [0.2, 0.25) is 0 Å². The van der Waals surface area contributed by atoms with E-state index in [0.29, 0.717) is 6.04 Å². The van der Waals surface area contributed by atoms with E-state index in [1.165, 1.54) is 63.8 Å². The van der Waals surface area contributed by atoms with Gasteiger partial charge in [0.1, 0.15) is 6.04 Å². The van der Waals surface area contributed by atoms with Crippen LogP contribution in [0.2, 0.25) is 0 Å². The summed E-state index contributed by atoms with van der Waals surface area (Å²) in [4.78, 5) is 1.59. The van der Waals surface area contributed by atoms with Gasteiger partial charge in [-0.1, -0.05) is 82.9 Å². The van der Waals surface area contributed by atoms with Crippen LogP contribution in [-0.2, 0) is 10.3 Å². The first-order valence-corrected chi connectivity index (χ1v) is 11.6. The van der Waals surface area contributed by atoms with E-state index in [1.54, 1.807) is 4.81 Å². The molecule has 5 rings (SSSR count). The van der Waals surface area contributed by atoms with Gasteiger partial charge in [0.05, 0.1) is 6.54 Å². The molecule has 1 unspecified atom stereocenters. The zero-order valence-electron chi connectivity index (χ0n) is 19.5. The molecule has 2 aliphatic rings. The molecule has 0 bridgehead atoms. The van der Waals surface area contributed by atoms with Crippen LogP contribution >= 0.6 is 0 Å². The monoisotopic (exact) mass is 410 g/mol. The highest BCUT2D eigenvalue weighted by molar-refractivity contribution is 6.60. The van der Waals surface area contributed by atoms with Crippen LogP contribution in [0.5, 0.6) is 0 Å². The molecule has 2 heterocycles. The zero-order valence-corrected chi connectivity index (χ0v) is 19.5. The second-order valence-corrected chi connectivity index (χ2v) is 9.86. The van der Waals surface area contributed by atoms with Crippen LogP contribution in [0.15, 0.2) is 60.7 Å². The molecule has 0 saturated carbocycles. The van der Waals surface area contributed by atoms with Crippen LogP contribution in [-0.4, -0.2) is 19.6 Å². The molecular weight excluding hydrogens is 377 g/mol. The second-order valence-electron chi connectivity index (χ2n) is 9.86. The molecule has 31 heavy (non-hydrogen) atoms. The summed E-state index contributed by atoms with van der Waals surface area (Å²) >= 11 is 0. The number of nitrogens with one attached hydrogen (secondary N) is 1. The Balaban J connectivity index is 1.77. The average Bonchev–Trinajstić information content (AvgIpc) is 3.29. The summed E-state index contributed by atoms with van der Waals surface area (Å²) in [5.74, 6) is 0. The maximum absolute atomic E-state index is 7.34. The summed E-state index contributed by atoms with van der Waals surface area (Å²) in [5, 5.41) is 0. The molecule has 3 aromatic rings. The van der Waals surface area contributed by atoms with Gasteiger partial charge >= 0.3 is 7.05 Å². The third-order valence-corrected chi connectivity index (χ3v) is 7.31. The first-order valence-electron chi connectivity index (χ1n) is 11.6. The Morgan fingerprint density at radius 3 is 1.90 bits per heavy atom. The molecule has 158 valence electrons. The van der Waals surface area contributed by atoms with Gasteiger partial charge in [0, 0.05) is 18.3 Å². The van der Waals surface area contributed by atoms with Gasteiger partial charge in [0.25, 0.3) is 0 Å². The first kappa shape index (κ1) is 20.5. The van der Waals surface area contributed by atoms with Gasteiger partial charge in [-0.3, -0.25) is 0 Å². The maximum atomic E-state index is 7.34. The molecule has 0 amide bonds. The minimum absolute atomic E-state index is 0.0651. The van der Waals surface area contributed by atoms with E-state index in [-0.39, 0.29) is 7.05 Å². The number of rotatable bonds is 3. The number of aryl methyl sites for hydroxylation is 5. The minimum Gasteiger partial charge on any atom is -0.368 e. The summed E-state index contributed by atoms with van der Waals surface area (Å²) in [6, 6.07) is 23.2. The fourth-order valence-corrected chi connectivity index (χ4v) is 6.22. The summed E-state index contributed by atoms with van der Waals surface area (Å²) in [5.41, 5.74) is 10.1. The molecule has 1 N–H and O–H groups in total. The van der Waals surface area contributed by atoms with Crippen molar-refractivity contribution in [2.24, 2.45) is 0 Å². The minimum atomic E-state index is -0.424. The van der Waals surface area contributed by atoms with Crippen LogP contribution in [0.3, 0.4) is 0 Å². The molecule has 0 spiro atoms. The van der Waals surface area contributed by atoms with E-state index in [4.69, 9.17) is 4.65 Å². The topological polar surface area (TPSA) is 13.7 Å². The van der Waals surface area contributed by atoms with Crippen LogP contribution in [0, 0.1) is 34.6 Å². The SMILES string of the molecule is Cc1cc(C)cc(C2(c3cc(C)cc(C)c3)OB(c3ccccc3C)[NH+]3CCC[C@H]32)c1. The molecule has 0 aliphatic carbocycles. The van der Waals surface area contributed by atoms with Crippen molar-refractivity contribution in [3.05, 3.63) is 99.6 Å². The molecule has 2 aliphatic heterocycles. The third kappa shape index (κ3) is 3.35. The lowest BCUT2D eigenvalue weighted by Crippen LogP contribution is -3.19. The average molecular weight is 410 g/mol. The lowest BCUT2D eigenvalue weighted by atomic mass is 9.70. The molecule has 3 heteroatoms. The Morgan fingerprint density at radius 2 is 1.35 bits per heavy atom. The van der Waals surface area contributed by atoms with Crippen LogP contribution in [0.4, 0.5) is 0 Å².